The fourth-order valence-corrected chi connectivity index (χ4v) is 4.34. The van der Waals surface area contributed by atoms with Crippen molar-refractivity contribution in [2.24, 2.45) is 0 Å². The van der Waals surface area contributed by atoms with E-state index in [0.717, 1.165) is 41.8 Å². The molecule has 1 unspecified atom stereocenters. The lowest BCUT2D eigenvalue weighted by Gasteiger charge is -2.29. The molecule has 3 aromatic carbocycles. The van der Waals surface area contributed by atoms with Crippen molar-refractivity contribution in [3.63, 3.8) is 0 Å². The number of amides is 1. The van der Waals surface area contributed by atoms with Gasteiger partial charge in [0.2, 0.25) is 5.91 Å². The van der Waals surface area contributed by atoms with Crippen LogP contribution in [0.4, 0.5) is 4.39 Å². The van der Waals surface area contributed by atoms with Crippen LogP contribution in [-0.4, -0.2) is 25.3 Å². The molecule has 3 rings (SSSR count). The summed E-state index contributed by atoms with van der Waals surface area (Å²) < 4.78 is 43.4. The van der Waals surface area contributed by atoms with Gasteiger partial charge in [0.25, 0.3) is 0 Å². The van der Waals surface area contributed by atoms with Gasteiger partial charge in [-0.15, -0.1) is 0 Å². The van der Waals surface area contributed by atoms with Gasteiger partial charge in [0, 0.05) is 19.0 Å². The SMILES string of the molecule is CCC(C)N(Cc1cccc(OS(=O)(=O)c2ccc(F)cc2)c1)C(=O)CCc1ccccc1. The fourth-order valence-electron chi connectivity index (χ4n) is 3.42. The Bertz CT molecular complexity index is 1160. The molecule has 0 aliphatic rings. The third kappa shape index (κ3) is 6.89. The van der Waals surface area contributed by atoms with Crippen LogP contribution in [0.5, 0.6) is 5.75 Å². The van der Waals surface area contributed by atoms with Crippen LogP contribution in [0.2, 0.25) is 0 Å². The molecule has 174 valence electrons. The number of carbonyl (C=O) groups excluding carboxylic acids is 1. The quantitative estimate of drug-likeness (QED) is 0.375. The van der Waals surface area contributed by atoms with E-state index in [1.54, 1.807) is 12.1 Å². The van der Waals surface area contributed by atoms with Gasteiger partial charge in [-0.3, -0.25) is 4.79 Å². The monoisotopic (exact) mass is 469 g/mol. The molecule has 0 saturated heterocycles. The van der Waals surface area contributed by atoms with E-state index in [2.05, 4.69) is 0 Å². The number of nitrogens with zero attached hydrogens (tertiary/aromatic N) is 1. The minimum absolute atomic E-state index is 0.0285. The molecule has 1 amide bonds. The first-order chi connectivity index (χ1) is 15.8. The second-order valence-electron chi connectivity index (χ2n) is 7.90. The highest BCUT2D eigenvalue weighted by Gasteiger charge is 2.21. The number of halogens is 1. The zero-order valence-electron chi connectivity index (χ0n) is 18.8. The third-order valence-corrected chi connectivity index (χ3v) is 6.73. The standard InChI is InChI=1S/C26H28FNO4S/c1-3-20(2)28(26(29)17-12-21-8-5-4-6-9-21)19-22-10-7-11-24(18-22)32-33(30,31)25-15-13-23(27)14-16-25/h4-11,13-16,18,20H,3,12,17,19H2,1-2H3. The largest absolute Gasteiger partial charge is 0.379 e. The molecular formula is C26H28FNO4S. The zero-order chi connectivity index (χ0) is 23.8. The Hall–Kier alpha value is -3.19. The summed E-state index contributed by atoms with van der Waals surface area (Å²) in [6.07, 6.45) is 1.85. The Morgan fingerprint density at radius 2 is 1.64 bits per heavy atom. The highest BCUT2D eigenvalue weighted by atomic mass is 32.2. The average molecular weight is 470 g/mol. The number of carbonyl (C=O) groups is 1. The molecule has 0 aliphatic carbocycles. The first-order valence-electron chi connectivity index (χ1n) is 10.9. The molecule has 0 spiro atoms. The Labute approximate surface area is 194 Å². The average Bonchev–Trinajstić information content (AvgIpc) is 2.81. The van der Waals surface area contributed by atoms with Crippen molar-refractivity contribution in [2.45, 2.75) is 50.6 Å². The molecule has 0 bridgehead atoms. The van der Waals surface area contributed by atoms with Crippen molar-refractivity contribution in [1.29, 1.82) is 0 Å². The normalized spacial score (nSPS) is 12.2. The molecule has 5 nitrogen and oxygen atoms in total. The summed E-state index contributed by atoms with van der Waals surface area (Å²) in [5.41, 5.74) is 1.87. The maximum atomic E-state index is 13.1. The van der Waals surface area contributed by atoms with Crippen molar-refractivity contribution in [3.05, 3.63) is 95.8 Å². The topological polar surface area (TPSA) is 63.7 Å². The number of benzene rings is 3. The Balaban J connectivity index is 1.72. The van der Waals surface area contributed by atoms with Gasteiger partial charge in [-0.1, -0.05) is 49.4 Å². The number of hydrogen-bond donors (Lipinski definition) is 0. The molecule has 1 atom stereocenters. The van der Waals surface area contributed by atoms with E-state index in [9.17, 15) is 17.6 Å². The summed E-state index contributed by atoms with van der Waals surface area (Å²) in [5, 5.41) is 0. The van der Waals surface area contributed by atoms with E-state index >= 15 is 0 Å². The van der Waals surface area contributed by atoms with Crippen molar-refractivity contribution in [2.75, 3.05) is 0 Å². The molecule has 3 aromatic rings. The first kappa shape index (κ1) is 24.5. The van der Waals surface area contributed by atoms with E-state index in [-0.39, 0.29) is 22.6 Å². The van der Waals surface area contributed by atoms with Crippen molar-refractivity contribution >= 4 is 16.0 Å². The van der Waals surface area contributed by atoms with E-state index in [1.165, 1.54) is 6.07 Å². The van der Waals surface area contributed by atoms with Crippen LogP contribution in [-0.2, 0) is 27.9 Å². The fraction of sp³-hybridized carbons (Fsp3) is 0.269. The van der Waals surface area contributed by atoms with Crippen LogP contribution in [0.15, 0.2) is 83.8 Å². The van der Waals surface area contributed by atoms with Gasteiger partial charge in [-0.2, -0.15) is 8.42 Å². The molecule has 0 radical (unpaired) electrons. The lowest BCUT2D eigenvalue weighted by atomic mass is 10.1. The van der Waals surface area contributed by atoms with Crippen molar-refractivity contribution in [3.8, 4) is 5.75 Å². The molecule has 0 N–H and O–H groups in total. The smallest absolute Gasteiger partial charge is 0.339 e. The Morgan fingerprint density at radius 3 is 2.30 bits per heavy atom. The number of aryl methyl sites for hydroxylation is 1. The van der Waals surface area contributed by atoms with Gasteiger partial charge in [-0.05, 0) is 67.3 Å². The predicted molar refractivity (Wildman–Crippen MR) is 126 cm³/mol. The minimum atomic E-state index is -4.10. The van der Waals surface area contributed by atoms with Gasteiger partial charge in [0.15, 0.2) is 0 Å². The second-order valence-corrected chi connectivity index (χ2v) is 9.45. The summed E-state index contributed by atoms with van der Waals surface area (Å²) in [7, 11) is -4.10. The van der Waals surface area contributed by atoms with Crippen molar-refractivity contribution < 1.29 is 21.8 Å². The lowest BCUT2D eigenvalue weighted by Crippen LogP contribution is -2.37. The summed E-state index contributed by atoms with van der Waals surface area (Å²) in [5.74, 6) is -0.353. The summed E-state index contributed by atoms with van der Waals surface area (Å²) in [4.78, 5) is 14.7. The maximum absolute atomic E-state index is 13.1. The van der Waals surface area contributed by atoms with Crippen molar-refractivity contribution in [1.82, 2.24) is 4.90 Å². The highest BCUT2D eigenvalue weighted by molar-refractivity contribution is 7.87. The third-order valence-electron chi connectivity index (χ3n) is 5.47. The van der Waals surface area contributed by atoms with Crippen LogP contribution in [0, 0.1) is 5.82 Å². The lowest BCUT2D eigenvalue weighted by molar-refractivity contribution is -0.134. The molecule has 7 heteroatoms. The molecule has 0 fully saturated rings. The molecular weight excluding hydrogens is 441 g/mol. The Morgan fingerprint density at radius 1 is 0.970 bits per heavy atom. The number of hydrogen-bond acceptors (Lipinski definition) is 4. The van der Waals surface area contributed by atoms with Crippen LogP contribution >= 0.6 is 0 Å². The molecule has 0 saturated carbocycles. The number of rotatable bonds is 10. The maximum Gasteiger partial charge on any atom is 0.339 e. The molecule has 0 aromatic heterocycles. The highest BCUT2D eigenvalue weighted by Crippen LogP contribution is 2.22. The summed E-state index contributed by atoms with van der Waals surface area (Å²) >= 11 is 0. The van der Waals surface area contributed by atoms with E-state index in [4.69, 9.17) is 4.18 Å². The van der Waals surface area contributed by atoms with Crippen LogP contribution in [0.25, 0.3) is 0 Å². The molecule has 0 heterocycles. The predicted octanol–water partition coefficient (Wildman–Crippen LogP) is 5.35. The summed E-state index contributed by atoms with van der Waals surface area (Å²) in [6, 6.07) is 21.0. The summed E-state index contributed by atoms with van der Waals surface area (Å²) in [6.45, 7) is 4.37. The van der Waals surface area contributed by atoms with E-state index in [0.29, 0.717) is 19.4 Å². The molecule has 0 aliphatic heterocycles. The molecule has 33 heavy (non-hydrogen) atoms. The first-order valence-corrected chi connectivity index (χ1v) is 12.3. The second kappa shape index (κ2) is 11.1. The van der Waals surface area contributed by atoms with Gasteiger partial charge in [0.1, 0.15) is 16.5 Å². The van der Waals surface area contributed by atoms with E-state index < -0.39 is 15.9 Å². The Kier molecular flexibility index (Phi) is 8.22. The minimum Gasteiger partial charge on any atom is -0.379 e. The van der Waals surface area contributed by atoms with Crippen LogP contribution in [0.3, 0.4) is 0 Å². The van der Waals surface area contributed by atoms with Gasteiger partial charge < -0.3 is 9.08 Å². The van der Waals surface area contributed by atoms with Crippen LogP contribution in [0.1, 0.15) is 37.8 Å². The van der Waals surface area contributed by atoms with Crippen LogP contribution < -0.4 is 4.18 Å². The van der Waals surface area contributed by atoms with Gasteiger partial charge in [0.05, 0.1) is 0 Å². The zero-order valence-corrected chi connectivity index (χ0v) is 19.6. The van der Waals surface area contributed by atoms with Gasteiger partial charge in [-0.25, -0.2) is 4.39 Å². The van der Waals surface area contributed by atoms with E-state index in [1.807, 2.05) is 55.1 Å². The van der Waals surface area contributed by atoms with Gasteiger partial charge >= 0.3 is 10.1 Å².